The number of aromatic nitrogens is 2. The number of rotatable bonds is 7. The summed E-state index contributed by atoms with van der Waals surface area (Å²) in [4.78, 5) is 20.0. The van der Waals surface area contributed by atoms with E-state index in [1.54, 1.807) is 44.4 Å². The van der Waals surface area contributed by atoms with Crippen molar-refractivity contribution in [3.8, 4) is 17.6 Å². The molecule has 1 fully saturated rings. The molecule has 1 saturated heterocycles. The molecule has 2 aromatic heterocycles. The molecule has 2 atom stereocenters. The highest BCUT2D eigenvalue weighted by molar-refractivity contribution is 8.00. The van der Waals surface area contributed by atoms with E-state index in [1.165, 1.54) is 22.6 Å². The van der Waals surface area contributed by atoms with Gasteiger partial charge in [-0.15, -0.1) is 0 Å². The highest BCUT2D eigenvalue weighted by Crippen LogP contribution is 2.39. The Bertz CT molecular complexity index is 1430. The SMILES string of the molecule is COc1cc(C(=O)N(C)C)ccc1NCC#Cc1nc2c(NC3CCN(C)CC3F)cccn2c1SC(F)(F)F. The lowest BCUT2D eigenvalue weighted by Gasteiger charge is -2.33. The van der Waals surface area contributed by atoms with Gasteiger partial charge in [-0.05, 0) is 49.7 Å². The lowest BCUT2D eigenvalue weighted by atomic mass is 10.0. The number of alkyl halides is 4. The number of imidazole rings is 1. The first kappa shape index (κ1) is 29.4. The number of likely N-dealkylation sites (tertiary alicyclic amines) is 1. The number of nitrogens with zero attached hydrogens (tertiary/aromatic N) is 4. The average molecular weight is 579 g/mol. The molecule has 4 rings (SSSR count). The number of methoxy groups -OCH3 is 1. The third-order valence-corrected chi connectivity index (χ3v) is 7.15. The predicted octanol–water partition coefficient (Wildman–Crippen LogP) is 4.57. The van der Waals surface area contributed by atoms with Crippen molar-refractivity contribution in [3.05, 3.63) is 47.8 Å². The summed E-state index contributed by atoms with van der Waals surface area (Å²) in [5.41, 5.74) is -2.92. The summed E-state index contributed by atoms with van der Waals surface area (Å²) in [5.74, 6) is 5.81. The van der Waals surface area contributed by atoms with E-state index in [4.69, 9.17) is 4.74 Å². The highest BCUT2D eigenvalue weighted by Gasteiger charge is 2.33. The summed E-state index contributed by atoms with van der Waals surface area (Å²) in [6.45, 7) is 1.05. The molecule has 0 spiro atoms. The maximum absolute atomic E-state index is 14.6. The van der Waals surface area contributed by atoms with E-state index in [0.29, 0.717) is 35.7 Å². The first-order valence-corrected chi connectivity index (χ1v) is 13.3. The quantitative estimate of drug-likeness (QED) is 0.242. The van der Waals surface area contributed by atoms with Gasteiger partial charge in [-0.3, -0.25) is 9.20 Å². The van der Waals surface area contributed by atoms with E-state index < -0.39 is 17.7 Å². The number of nitrogens with one attached hydrogen (secondary N) is 2. The van der Waals surface area contributed by atoms with Crippen molar-refractivity contribution in [3.63, 3.8) is 0 Å². The molecule has 13 heteroatoms. The molecule has 0 saturated carbocycles. The maximum Gasteiger partial charge on any atom is 0.447 e. The Morgan fingerprint density at radius 2 is 2.05 bits per heavy atom. The Morgan fingerprint density at radius 1 is 1.27 bits per heavy atom. The first-order chi connectivity index (χ1) is 19.0. The van der Waals surface area contributed by atoms with Gasteiger partial charge in [0.1, 0.15) is 22.6 Å². The number of piperidine rings is 1. The molecule has 3 heterocycles. The van der Waals surface area contributed by atoms with E-state index in [-0.39, 0.29) is 47.1 Å². The van der Waals surface area contributed by atoms with Crippen LogP contribution in [0.15, 0.2) is 41.6 Å². The summed E-state index contributed by atoms with van der Waals surface area (Å²) in [6.07, 6.45) is 0.902. The highest BCUT2D eigenvalue weighted by atomic mass is 32.2. The lowest BCUT2D eigenvalue weighted by Crippen LogP contribution is -2.46. The van der Waals surface area contributed by atoms with Crippen LogP contribution in [0, 0.1) is 11.8 Å². The zero-order chi connectivity index (χ0) is 29.0. The molecule has 2 N–H and O–H groups in total. The summed E-state index contributed by atoms with van der Waals surface area (Å²) in [5, 5.41) is 6.02. The van der Waals surface area contributed by atoms with Crippen LogP contribution in [0.25, 0.3) is 5.65 Å². The normalized spacial score (nSPS) is 17.7. The Labute approximate surface area is 234 Å². The summed E-state index contributed by atoms with van der Waals surface area (Å²) >= 11 is -0.301. The zero-order valence-corrected chi connectivity index (χ0v) is 23.3. The maximum atomic E-state index is 14.6. The molecule has 8 nitrogen and oxygen atoms in total. The molecule has 40 heavy (non-hydrogen) atoms. The molecule has 0 bridgehead atoms. The lowest BCUT2D eigenvalue weighted by molar-refractivity contribution is -0.0330. The van der Waals surface area contributed by atoms with Crippen LogP contribution < -0.4 is 15.4 Å². The number of thioether (sulfide) groups is 1. The largest absolute Gasteiger partial charge is 0.495 e. The van der Waals surface area contributed by atoms with Gasteiger partial charge in [0.05, 0.1) is 31.1 Å². The van der Waals surface area contributed by atoms with Gasteiger partial charge in [-0.2, -0.15) is 13.2 Å². The number of benzene rings is 1. The van der Waals surface area contributed by atoms with E-state index >= 15 is 0 Å². The van der Waals surface area contributed by atoms with E-state index in [9.17, 15) is 22.4 Å². The van der Waals surface area contributed by atoms with Gasteiger partial charge in [0, 0.05) is 50.7 Å². The number of halogens is 4. The molecular formula is C27H30F4N6O2S. The minimum absolute atomic E-state index is 0.0440. The van der Waals surface area contributed by atoms with Gasteiger partial charge in [-0.25, -0.2) is 9.37 Å². The summed E-state index contributed by atoms with van der Waals surface area (Å²) in [7, 11) is 6.60. The summed E-state index contributed by atoms with van der Waals surface area (Å²) in [6, 6.07) is 7.69. The molecule has 1 amide bonds. The van der Waals surface area contributed by atoms with E-state index in [2.05, 4.69) is 27.5 Å². The predicted molar refractivity (Wildman–Crippen MR) is 148 cm³/mol. The van der Waals surface area contributed by atoms with Crippen LogP contribution in [0.3, 0.4) is 0 Å². The number of ether oxygens (including phenoxy) is 1. The number of pyridine rings is 1. The van der Waals surface area contributed by atoms with Gasteiger partial charge >= 0.3 is 5.51 Å². The molecule has 0 aliphatic carbocycles. The fourth-order valence-electron chi connectivity index (χ4n) is 4.36. The van der Waals surface area contributed by atoms with Gasteiger partial charge in [-0.1, -0.05) is 5.92 Å². The molecule has 0 radical (unpaired) electrons. The van der Waals surface area contributed by atoms with Crippen LogP contribution in [0.2, 0.25) is 0 Å². The Balaban J connectivity index is 1.59. The molecule has 1 aliphatic heterocycles. The second kappa shape index (κ2) is 12.3. The van der Waals surface area contributed by atoms with Crippen molar-refractivity contribution in [2.24, 2.45) is 0 Å². The van der Waals surface area contributed by atoms with Gasteiger partial charge in [0.15, 0.2) is 5.65 Å². The number of anilines is 2. The fourth-order valence-corrected chi connectivity index (χ4v) is 5.02. The van der Waals surface area contributed by atoms with Gasteiger partial charge < -0.3 is 25.2 Å². The molecule has 2 unspecified atom stereocenters. The second-order valence-corrected chi connectivity index (χ2v) is 10.6. The van der Waals surface area contributed by atoms with E-state index in [0.717, 1.165) is 0 Å². The van der Waals surface area contributed by atoms with E-state index in [1.807, 2.05) is 11.9 Å². The van der Waals surface area contributed by atoms with Crippen LogP contribution >= 0.6 is 11.8 Å². The molecule has 3 aromatic rings. The fraction of sp³-hybridized carbons (Fsp3) is 0.407. The van der Waals surface area contributed by atoms with Crippen LogP contribution in [0.5, 0.6) is 5.75 Å². The van der Waals surface area contributed by atoms with Crippen molar-refractivity contribution < 1.29 is 27.1 Å². The first-order valence-electron chi connectivity index (χ1n) is 12.4. The van der Waals surface area contributed by atoms with Crippen molar-refractivity contribution in [2.45, 2.75) is 29.2 Å². The minimum atomic E-state index is -4.56. The van der Waals surface area contributed by atoms with Crippen molar-refractivity contribution in [1.29, 1.82) is 0 Å². The minimum Gasteiger partial charge on any atom is -0.495 e. The zero-order valence-electron chi connectivity index (χ0n) is 22.5. The van der Waals surface area contributed by atoms with Crippen LogP contribution in [-0.4, -0.2) is 90.7 Å². The standard InChI is InChI=1S/C27H30F4N6O2S/c1-35(2)25(38)17-9-10-20(23(15-17)39-4)32-12-5-7-22-26(40-27(29,30)31)37-13-6-8-21(24(37)34-22)33-19-11-14-36(3)16-18(19)28/h6,8-10,13,15,18-19,32-33H,11-12,14,16H2,1-4H3. The molecular weight excluding hydrogens is 548 g/mol. The number of hydrogen-bond donors (Lipinski definition) is 2. The third-order valence-electron chi connectivity index (χ3n) is 6.33. The summed E-state index contributed by atoms with van der Waals surface area (Å²) < 4.78 is 61.8. The van der Waals surface area contributed by atoms with Crippen LogP contribution in [0.1, 0.15) is 22.5 Å². The Hall–Kier alpha value is -3.63. The van der Waals surface area contributed by atoms with Crippen LogP contribution in [0.4, 0.5) is 28.9 Å². The van der Waals surface area contributed by atoms with Crippen molar-refractivity contribution >= 4 is 34.7 Å². The van der Waals surface area contributed by atoms with Crippen molar-refractivity contribution in [1.82, 2.24) is 19.2 Å². The Kier molecular flexibility index (Phi) is 9.00. The number of amides is 1. The number of fused-ring (bicyclic) bond motifs is 1. The topological polar surface area (TPSA) is 74.1 Å². The number of carbonyl (C=O) groups is 1. The van der Waals surface area contributed by atoms with Crippen LogP contribution in [-0.2, 0) is 0 Å². The molecule has 214 valence electrons. The van der Waals surface area contributed by atoms with Gasteiger partial charge in [0.25, 0.3) is 5.91 Å². The molecule has 1 aromatic carbocycles. The number of carbonyl (C=O) groups excluding carboxylic acids is 1. The van der Waals surface area contributed by atoms with Gasteiger partial charge in [0.2, 0.25) is 0 Å². The second-order valence-electron chi connectivity index (χ2n) is 9.52. The number of hydrogen-bond acceptors (Lipinski definition) is 7. The van der Waals surface area contributed by atoms with Crippen molar-refractivity contribution in [2.75, 3.05) is 58.5 Å². The smallest absolute Gasteiger partial charge is 0.447 e. The third kappa shape index (κ3) is 6.92. The monoisotopic (exact) mass is 578 g/mol. The average Bonchev–Trinajstić information content (AvgIpc) is 3.24. The Morgan fingerprint density at radius 3 is 2.73 bits per heavy atom. The molecule has 1 aliphatic rings.